The topological polar surface area (TPSA) is 3.24 Å². The molecular formula is C40H49F2NP2. The van der Waals surface area contributed by atoms with Gasteiger partial charge in [-0.05, 0) is 84.7 Å². The molecule has 0 saturated carbocycles. The minimum Gasteiger partial charge on any atom is -0.251 e. The van der Waals surface area contributed by atoms with Crippen LogP contribution in [0.4, 0.5) is 8.78 Å². The molecule has 4 aromatic carbocycles. The monoisotopic (exact) mass is 643 g/mol. The van der Waals surface area contributed by atoms with E-state index in [0.29, 0.717) is 21.9 Å². The summed E-state index contributed by atoms with van der Waals surface area (Å²) in [5.41, 5.74) is 6.11. The Hall–Kier alpha value is -2.44. The second-order valence-electron chi connectivity index (χ2n) is 14.4. The molecule has 0 aliphatic carbocycles. The number of rotatable bonds is 9. The molecule has 0 amide bonds. The van der Waals surface area contributed by atoms with E-state index in [4.69, 9.17) is 0 Å². The van der Waals surface area contributed by atoms with Crippen molar-refractivity contribution in [2.75, 3.05) is 6.54 Å². The average molecular weight is 644 g/mol. The molecule has 4 aromatic rings. The highest BCUT2D eigenvalue weighted by Gasteiger charge is 2.45. The summed E-state index contributed by atoms with van der Waals surface area (Å²) in [6.45, 7) is 16.5. The van der Waals surface area contributed by atoms with E-state index in [0.717, 1.165) is 32.2 Å². The van der Waals surface area contributed by atoms with Gasteiger partial charge >= 0.3 is 0 Å². The van der Waals surface area contributed by atoms with E-state index in [9.17, 15) is 0 Å². The maximum atomic E-state index is 15.9. The largest absolute Gasteiger partial charge is 0.251 e. The molecule has 0 aromatic heterocycles. The lowest BCUT2D eigenvalue weighted by Gasteiger charge is -2.42. The smallest absolute Gasteiger partial charge is 0.132 e. The molecule has 238 valence electrons. The van der Waals surface area contributed by atoms with Crippen LogP contribution >= 0.6 is 16.1 Å². The van der Waals surface area contributed by atoms with Crippen LogP contribution in [-0.2, 0) is 10.8 Å². The third-order valence-electron chi connectivity index (χ3n) is 9.05. The molecule has 5 rings (SSSR count). The predicted molar refractivity (Wildman–Crippen MR) is 193 cm³/mol. The van der Waals surface area contributed by atoms with Crippen molar-refractivity contribution >= 4 is 26.8 Å². The van der Waals surface area contributed by atoms with E-state index in [1.807, 2.05) is 24.3 Å². The van der Waals surface area contributed by atoms with Crippen molar-refractivity contribution in [2.45, 2.75) is 96.3 Å². The molecule has 1 aliphatic rings. The molecule has 2 unspecified atom stereocenters. The minimum atomic E-state index is -1.45. The van der Waals surface area contributed by atoms with Gasteiger partial charge in [0.05, 0.1) is 0 Å². The first kappa shape index (κ1) is 33.9. The molecule has 5 heteroatoms. The zero-order valence-electron chi connectivity index (χ0n) is 28.0. The van der Waals surface area contributed by atoms with Crippen LogP contribution in [0.5, 0.6) is 0 Å². The Balaban J connectivity index is 1.69. The van der Waals surface area contributed by atoms with Crippen LogP contribution in [-0.4, -0.2) is 11.0 Å². The van der Waals surface area contributed by atoms with Crippen LogP contribution in [0.2, 0.25) is 0 Å². The van der Waals surface area contributed by atoms with E-state index >= 15 is 8.78 Å². The standard InChI is InChI=1S/C40H49F2NP2/c1-8-9-28-43(45(37-16-12-10-14-33(37)41)38-17-13-11-15-34(38)42)44-35(29-18-22-31(23-19-29)39(2,3)4)26-27-36(44)30-20-24-32(25-21-30)40(5,6)7/h10-25,35-36H,8-9,26-28H2,1-7H3. The van der Waals surface area contributed by atoms with Crippen molar-refractivity contribution < 1.29 is 8.78 Å². The first-order valence-corrected chi connectivity index (χ1v) is 19.2. The molecule has 1 heterocycles. The van der Waals surface area contributed by atoms with E-state index in [1.165, 1.54) is 34.4 Å². The quantitative estimate of drug-likeness (QED) is 0.164. The summed E-state index contributed by atoms with van der Waals surface area (Å²) >= 11 is 0. The van der Waals surface area contributed by atoms with E-state index < -0.39 is 16.1 Å². The summed E-state index contributed by atoms with van der Waals surface area (Å²) < 4.78 is 34.3. The van der Waals surface area contributed by atoms with Gasteiger partial charge in [0, 0.05) is 36.5 Å². The Labute approximate surface area is 273 Å². The second-order valence-corrected chi connectivity index (χ2v) is 19.3. The molecular weight excluding hydrogens is 594 g/mol. The number of hydrogen-bond acceptors (Lipinski definition) is 1. The predicted octanol–water partition coefficient (Wildman–Crippen LogP) is 11.7. The number of benzene rings is 4. The Bertz CT molecular complexity index is 1440. The third-order valence-corrected chi connectivity index (χ3v) is 15.6. The average Bonchev–Trinajstić information content (AvgIpc) is 3.45. The Morgan fingerprint density at radius 3 is 1.40 bits per heavy atom. The Kier molecular flexibility index (Phi) is 10.6. The highest BCUT2D eigenvalue weighted by molar-refractivity contribution is 7.79. The zero-order valence-corrected chi connectivity index (χ0v) is 29.8. The molecule has 0 radical (unpaired) electrons. The minimum absolute atomic E-state index is 0.0768. The van der Waals surface area contributed by atoms with Gasteiger partial charge in [0.1, 0.15) is 11.6 Å². The molecule has 1 fully saturated rings. The molecule has 1 nitrogen and oxygen atoms in total. The molecule has 0 N–H and O–H groups in total. The van der Waals surface area contributed by atoms with Gasteiger partial charge in [-0.3, -0.25) is 4.44 Å². The van der Waals surface area contributed by atoms with Crippen molar-refractivity contribution in [1.29, 1.82) is 0 Å². The lowest BCUT2D eigenvalue weighted by atomic mass is 9.86. The molecule has 2 atom stereocenters. The highest BCUT2D eigenvalue weighted by Crippen LogP contribution is 2.76. The summed E-state index contributed by atoms with van der Waals surface area (Å²) in [4.78, 5) is 0. The maximum absolute atomic E-state index is 15.9. The number of nitrogens with zero attached hydrogens (tertiary/aromatic N) is 1. The van der Waals surface area contributed by atoms with Gasteiger partial charge in [-0.25, -0.2) is 8.78 Å². The van der Waals surface area contributed by atoms with E-state index in [-0.39, 0.29) is 22.5 Å². The van der Waals surface area contributed by atoms with Gasteiger partial charge in [0.25, 0.3) is 0 Å². The first-order valence-electron chi connectivity index (χ1n) is 16.5. The number of hydrogen-bond donors (Lipinski definition) is 0. The third kappa shape index (κ3) is 7.59. The fourth-order valence-electron chi connectivity index (χ4n) is 6.41. The highest BCUT2D eigenvalue weighted by atomic mass is 31.2. The summed E-state index contributed by atoms with van der Waals surface area (Å²) in [6.07, 6.45) is 4.12. The van der Waals surface area contributed by atoms with Gasteiger partial charge in [-0.1, -0.05) is 128 Å². The van der Waals surface area contributed by atoms with Gasteiger partial charge in [0.2, 0.25) is 0 Å². The first-order chi connectivity index (χ1) is 21.4. The summed E-state index contributed by atoms with van der Waals surface area (Å²) in [7, 11) is -2.31. The van der Waals surface area contributed by atoms with Crippen LogP contribution < -0.4 is 10.6 Å². The van der Waals surface area contributed by atoms with Gasteiger partial charge in [0.15, 0.2) is 0 Å². The molecule has 1 saturated heterocycles. The second kappa shape index (κ2) is 14.1. The van der Waals surface area contributed by atoms with Crippen LogP contribution in [0, 0.1) is 11.6 Å². The summed E-state index contributed by atoms with van der Waals surface area (Å²) in [5, 5.41) is 1.23. The number of halogens is 2. The maximum Gasteiger partial charge on any atom is 0.132 e. The number of unbranched alkanes of at least 4 members (excludes halogenated alkanes) is 1. The fraction of sp³-hybridized carbons (Fsp3) is 0.400. The fourth-order valence-corrected chi connectivity index (χ4v) is 13.9. The Morgan fingerprint density at radius 1 is 0.644 bits per heavy atom. The lowest BCUT2D eigenvalue weighted by molar-refractivity contribution is 0.589. The van der Waals surface area contributed by atoms with Gasteiger partial charge in [-0.15, -0.1) is 0 Å². The SMILES string of the molecule is CCCCN(P(c1ccccc1F)c1ccccc1F)P1C(c2ccc(C(C)(C)C)cc2)CCC1c1ccc(C(C)(C)C)cc1. The normalized spacial score (nSPS) is 19.0. The van der Waals surface area contributed by atoms with E-state index in [1.54, 1.807) is 12.1 Å². The molecule has 0 bridgehead atoms. The van der Waals surface area contributed by atoms with Gasteiger partial charge < -0.3 is 0 Å². The lowest BCUT2D eigenvalue weighted by Crippen LogP contribution is -2.30. The van der Waals surface area contributed by atoms with Crippen molar-refractivity contribution in [1.82, 2.24) is 4.44 Å². The molecule has 1 aliphatic heterocycles. The van der Waals surface area contributed by atoms with Crippen LogP contribution in [0.15, 0.2) is 97.1 Å². The van der Waals surface area contributed by atoms with Gasteiger partial charge in [-0.2, -0.15) is 0 Å². The summed E-state index contributed by atoms with van der Waals surface area (Å²) in [5.74, 6) is -0.501. The van der Waals surface area contributed by atoms with Crippen LogP contribution in [0.1, 0.15) is 108 Å². The summed E-state index contributed by atoms with van der Waals surface area (Å²) in [6, 6.07) is 32.6. The Morgan fingerprint density at radius 2 is 1.04 bits per heavy atom. The molecule has 45 heavy (non-hydrogen) atoms. The van der Waals surface area contributed by atoms with Crippen molar-refractivity contribution in [3.63, 3.8) is 0 Å². The zero-order chi connectivity index (χ0) is 32.4. The van der Waals surface area contributed by atoms with Crippen molar-refractivity contribution in [2.24, 2.45) is 0 Å². The van der Waals surface area contributed by atoms with Crippen molar-refractivity contribution in [3.05, 3.63) is 131 Å². The van der Waals surface area contributed by atoms with E-state index in [2.05, 4.69) is 101 Å². The van der Waals surface area contributed by atoms with Crippen molar-refractivity contribution in [3.8, 4) is 0 Å². The van der Waals surface area contributed by atoms with Crippen LogP contribution in [0.25, 0.3) is 0 Å². The molecule has 0 spiro atoms. The van der Waals surface area contributed by atoms with Crippen LogP contribution in [0.3, 0.4) is 0 Å².